The Morgan fingerprint density at radius 1 is 0.842 bits per heavy atom. The van der Waals surface area contributed by atoms with Crippen molar-refractivity contribution in [3.8, 4) is 11.9 Å². The molecular formula is C29H35N9. The van der Waals surface area contributed by atoms with Crippen LogP contribution in [0.15, 0.2) is 54.6 Å². The van der Waals surface area contributed by atoms with Gasteiger partial charge in [0.2, 0.25) is 0 Å². The van der Waals surface area contributed by atoms with Gasteiger partial charge in [-0.25, -0.2) is 9.36 Å². The number of nitrogens with two attached hydrogens (primary N) is 1. The first kappa shape index (κ1) is 25.5. The van der Waals surface area contributed by atoms with Gasteiger partial charge in [-0.1, -0.05) is 30.4 Å². The van der Waals surface area contributed by atoms with Crippen LogP contribution in [-0.2, 0) is 5.54 Å². The van der Waals surface area contributed by atoms with E-state index in [4.69, 9.17) is 20.7 Å². The van der Waals surface area contributed by atoms with E-state index in [0.717, 1.165) is 47.0 Å². The number of nitrogens with zero attached hydrogens (tertiary/aromatic N) is 8. The van der Waals surface area contributed by atoms with Crippen LogP contribution in [0.2, 0.25) is 0 Å². The first-order chi connectivity index (χ1) is 18.2. The van der Waals surface area contributed by atoms with Crippen molar-refractivity contribution in [2.45, 2.75) is 53.5 Å². The molecule has 3 heterocycles. The molecule has 1 aliphatic carbocycles. The SMILES string of the molecule is CCN(CC)c1ccc(C2=CCC(N)(c3nc(-n4nc(C)cc4C)nc(-n4nc(C)cc4C)n3)C=C2)cc1. The Morgan fingerprint density at radius 3 is 1.82 bits per heavy atom. The maximum absolute atomic E-state index is 6.95. The smallest absolute Gasteiger partial charge is 0.255 e. The molecule has 1 aliphatic rings. The highest BCUT2D eigenvalue weighted by Crippen LogP contribution is 2.32. The molecule has 5 rings (SSSR count). The van der Waals surface area contributed by atoms with E-state index >= 15 is 0 Å². The van der Waals surface area contributed by atoms with Crippen LogP contribution in [0.4, 0.5) is 5.69 Å². The lowest BCUT2D eigenvalue weighted by Crippen LogP contribution is -2.38. The zero-order valence-electron chi connectivity index (χ0n) is 23.0. The summed E-state index contributed by atoms with van der Waals surface area (Å²) in [4.78, 5) is 16.7. The lowest BCUT2D eigenvalue weighted by atomic mass is 9.86. The van der Waals surface area contributed by atoms with E-state index in [1.54, 1.807) is 9.36 Å². The number of anilines is 1. The van der Waals surface area contributed by atoms with Gasteiger partial charge in [0.15, 0.2) is 5.82 Å². The summed E-state index contributed by atoms with van der Waals surface area (Å²) in [7, 11) is 0. The van der Waals surface area contributed by atoms with Crippen LogP contribution in [-0.4, -0.2) is 47.6 Å². The third-order valence-corrected chi connectivity index (χ3v) is 6.98. The summed E-state index contributed by atoms with van der Waals surface area (Å²) in [5.74, 6) is 1.31. The van der Waals surface area contributed by atoms with Gasteiger partial charge < -0.3 is 10.6 Å². The largest absolute Gasteiger partial charge is 0.372 e. The van der Waals surface area contributed by atoms with Crippen LogP contribution in [0.3, 0.4) is 0 Å². The van der Waals surface area contributed by atoms with Gasteiger partial charge in [0.25, 0.3) is 11.9 Å². The van der Waals surface area contributed by atoms with E-state index in [1.807, 2.05) is 45.9 Å². The van der Waals surface area contributed by atoms with Crippen LogP contribution in [0.5, 0.6) is 0 Å². The van der Waals surface area contributed by atoms with Gasteiger partial charge >= 0.3 is 0 Å². The molecule has 9 nitrogen and oxygen atoms in total. The molecule has 1 aromatic carbocycles. The first-order valence-electron chi connectivity index (χ1n) is 13.1. The second-order valence-electron chi connectivity index (χ2n) is 9.89. The van der Waals surface area contributed by atoms with E-state index in [0.29, 0.717) is 24.1 Å². The molecule has 3 aromatic heterocycles. The van der Waals surface area contributed by atoms with Crippen molar-refractivity contribution in [1.29, 1.82) is 0 Å². The fourth-order valence-corrected chi connectivity index (χ4v) is 4.90. The average molecular weight is 510 g/mol. The highest BCUT2D eigenvalue weighted by Gasteiger charge is 2.31. The molecule has 0 radical (unpaired) electrons. The fourth-order valence-electron chi connectivity index (χ4n) is 4.90. The number of benzene rings is 1. The number of hydrogen-bond donors (Lipinski definition) is 1. The van der Waals surface area contributed by atoms with Crippen LogP contribution in [0.1, 0.15) is 54.4 Å². The molecule has 0 spiro atoms. The highest BCUT2D eigenvalue weighted by molar-refractivity contribution is 5.76. The van der Waals surface area contributed by atoms with E-state index < -0.39 is 5.54 Å². The summed E-state index contributed by atoms with van der Waals surface area (Å²) in [6, 6.07) is 12.7. The molecule has 196 valence electrons. The lowest BCUT2D eigenvalue weighted by Gasteiger charge is -2.27. The summed E-state index contributed by atoms with van der Waals surface area (Å²) in [5, 5.41) is 9.19. The van der Waals surface area contributed by atoms with E-state index in [1.165, 1.54) is 5.69 Å². The number of hydrogen-bond acceptors (Lipinski definition) is 7. The molecule has 0 saturated carbocycles. The van der Waals surface area contributed by atoms with Crippen LogP contribution >= 0.6 is 0 Å². The Hall–Kier alpha value is -4.11. The summed E-state index contributed by atoms with van der Waals surface area (Å²) in [5.41, 5.74) is 13.2. The van der Waals surface area contributed by atoms with Crippen LogP contribution in [0.25, 0.3) is 17.5 Å². The quantitative estimate of drug-likeness (QED) is 0.391. The molecule has 0 aliphatic heterocycles. The van der Waals surface area contributed by atoms with Gasteiger partial charge in [-0.2, -0.15) is 25.1 Å². The molecule has 9 heteroatoms. The lowest BCUT2D eigenvalue weighted by molar-refractivity contribution is 0.514. The standard InChI is InChI=1S/C29H35N9/c1-7-36(8-2)25-11-9-23(10-12-25)24-13-15-29(30,16-14-24)26-31-27(37-21(5)17-19(3)34-37)33-28(32-26)38-22(6)18-20(4)35-38/h9-15,17-18H,7-8,16,30H2,1-6H3. The van der Waals surface area contributed by atoms with E-state index in [-0.39, 0.29) is 0 Å². The minimum Gasteiger partial charge on any atom is -0.372 e. The number of aromatic nitrogens is 7. The first-order valence-corrected chi connectivity index (χ1v) is 13.1. The normalized spacial score (nSPS) is 17.1. The van der Waals surface area contributed by atoms with Gasteiger partial charge in [0, 0.05) is 30.2 Å². The predicted molar refractivity (Wildman–Crippen MR) is 151 cm³/mol. The van der Waals surface area contributed by atoms with Crippen molar-refractivity contribution in [2.24, 2.45) is 5.73 Å². The summed E-state index contributed by atoms with van der Waals surface area (Å²) in [6.07, 6.45) is 6.76. The predicted octanol–water partition coefficient (Wildman–Crippen LogP) is 4.52. The second-order valence-corrected chi connectivity index (χ2v) is 9.89. The van der Waals surface area contributed by atoms with Crippen molar-refractivity contribution in [3.63, 3.8) is 0 Å². The van der Waals surface area contributed by atoms with E-state index in [9.17, 15) is 0 Å². The molecule has 4 aromatic rings. The minimum absolute atomic E-state index is 0.420. The molecule has 1 atom stereocenters. The maximum atomic E-state index is 6.95. The van der Waals surface area contributed by atoms with Gasteiger partial charge in [-0.05, 0) is 83.4 Å². The summed E-state index contributed by atoms with van der Waals surface area (Å²) < 4.78 is 3.45. The van der Waals surface area contributed by atoms with Gasteiger partial charge in [-0.3, -0.25) is 0 Å². The number of aryl methyl sites for hydroxylation is 4. The number of rotatable bonds is 7. The van der Waals surface area contributed by atoms with Crippen molar-refractivity contribution in [1.82, 2.24) is 34.5 Å². The Balaban J connectivity index is 1.51. The van der Waals surface area contributed by atoms with Crippen molar-refractivity contribution < 1.29 is 0 Å². The van der Waals surface area contributed by atoms with Gasteiger partial charge in [0.1, 0.15) is 0 Å². The molecule has 1 unspecified atom stereocenters. The maximum Gasteiger partial charge on any atom is 0.255 e. The molecule has 38 heavy (non-hydrogen) atoms. The minimum atomic E-state index is -0.899. The van der Waals surface area contributed by atoms with Crippen LogP contribution in [0, 0.1) is 27.7 Å². The van der Waals surface area contributed by atoms with Crippen molar-refractivity contribution >= 4 is 11.3 Å². The average Bonchev–Trinajstić information content (AvgIpc) is 3.44. The highest BCUT2D eigenvalue weighted by atomic mass is 15.4. The Kier molecular flexibility index (Phi) is 6.71. The molecule has 2 N–H and O–H groups in total. The van der Waals surface area contributed by atoms with Gasteiger partial charge in [-0.15, -0.1) is 0 Å². The topological polar surface area (TPSA) is 104 Å². The Bertz CT molecular complexity index is 1460. The Morgan fingerprint density at radius 2 is 1.39 bits per heavy atom. The van der Waals surface area contributed by atoms with Crippen LogP contribution < -0.4 is 10.6 Å². The molecule has 0 fully saturated rings. The van der Waals surface area contributed by atoms with E-state index in [2.05, 4.69) is 65.4 Å². The summed E-state index contributed by atoms with van der Waals surface area (Å²) in [6.45, 7) is 14.2. The van der Waals surface area contributed by atoms with Crippen molar-refractivity contribution in [3.05, 3.63) is 88.8 Å². The molecule has 0 bridgehead atoms. The second kappa shape index (κ2) is 9.98. The van der Waals surface area contributed by atoms with Gasteiger partial charge in [0.05, 0.1) is 16.9 Å². The third-order valence-electron chi connectivity index (χ3n) is 6.98. The molecular weight excluding hydrogens is 474 g/mol. The molecule has 0 saturated heterocycles. The zero-order chi connectivity index (χ0) is 27.0. The molecule has 0 amide bonds. The summed E-state index contributed by atoms with van der Waals surface area (Å²) >= 11 is 0. The zero-order valence-corrected chi connectivity index (χ0v) is 23.0. The Labute approximate surface area is 223 Å². The fraction of sp³-hybridized carbons (Fsp3) is 0.345. The monoisotopic (exact) mass is 509 g/mol. The third kappa shape index (κ3) is 4.77. The van der Waals surface area contributed by atoms with Crippen molar-refractivity contribution in [2.75, 3.05) is 18.0 Å². The number of allylic oxidation sites excluding steroid dienone is 2.